The number of hydrogen-bond donors (Lipinski definition) is 1. The van der Waals surface area contributed by atoms with Gasteiger partial charge in [-0.15, -0.1) is 0 Å². The molecule has 2 aromatic carbocycles. The molecule has 0 radical (unpaired) electrons. The topological polar surface area (TPSA) is 12.0 Å². The van der Waals surface area contributed by atoms with Gasteiger partial charge in [0, 0.05) is 11.7 Å². The molecule has 0 spiro atoms. The highest BCUT2D eigenvalue weighted by molar-refractivity contribution is 5.60. The van der Waals surface area contributed by atoms with Gasteiger partial charge in [0.25, 0.3) is 0 Å². The number of nitrogens with one attached hydrogen (secondary N) is 1. The van der Waals surface area contributed by atoms with Crippen molar-refractivity contribution in [3.05, 3.63) is 93.6 Å². The van der Waals surface area contributed by atoms with Crippen LogP contribution in [-0.2, 0) is 0 Å². The number of rotatable bonds is 4. The van der Waals surface area contributed by atoms with Gasteiger partial charge in [-0.3, -0.25) is 0 Å². The second-order valence-corrected chi connectivity index (χ2v) is 7.58. The molecular formula is C25H29N. The molecule has 0 aliphatic heterocycles. The lowest BCUT2D eigenvalue weighted by molar-refractivity contribution is 0.874. The van der Waals surface area contributed by atoms with Crippen molar-refractivity contribution in [1.82, 2.24) is 0 Å². The molecule has 2 aromatic rings. The van der Waals surface area contributed by atoms with Crippen LogP contribution in [-0.4, -0.2) is 6.04 Å². The van der Waals surface area contributed by atoms with E-state index in [1.807, 2.05) is 0 Å². The fraction of sp³-hybridized carbons (Fsp3) is 0.280. The molecule has 0 bridgehead atoms. The Morgan fingerprint density at radius 2 is 1.42 bits per heavy atom. The highest BCUT2D eigenvalue weighted by atomic mass is 14.9. The van der Waals surface area contributed by atoms with Crippen LogP contribution in [0.3, 0.4) is 0 Å². The molecule has 3 rings (SSSR count). The van der Waals surface area contributed by atoms with Gasteiger partial charge < -0.3 is 5.32 Å². The largest absolute Gasteiger partial charge is 0.378 e. The van der Waals surface area contributed by atoms with Gasteiger partial charge in [0.2, 0.25) is 0 Å². The van der Waals surface area contributed by atoms with Crippen molar-refractivity contribution in [1.29, 1.82) is 0 Å². The van der Waals surface area contributed by atoms with E-state index < -0.39 is 0 Å². The van der Waals surface area contributed by atoms with Gasteiger partial charge in [-0.05, 0) is 63.3 Å². The monoisotopic (exact) mass is 343 g/mol. The van der Waals surface area contributed by atoms with Gasteiger partial charge in [0.05, 0.1) is 0 Å². The van der Waals surface area contributed by atoms with Crippen LogP contribution in [0.1, 0.15) is 39.8 Å². The second-order valence-electron chi connectivity index (χ2n) is 7.58. The fourth-order valence-electron chi connectivity index (χ4n) is 3.76. The first kappa shape index (κ1) is 18.3. The average molecular weight is 344 g/mol. The molecule has 1 aliphatic carbocycles. The summed E-state index contributed by atoms with van der Waals surface area (Å²) in [6.07, 6.45) is 12.2. The minimum absolute atomic E-state index is 0.355. The molecule has 0 saturated carbocycles. The van der Waals surface area contributed by atoms with E-state index in [0.717, 1.165) is 6.42 Å². The van der Waals surface area contributed by atoms with Crippen LogP contribution in [0.4, 0.5) is 5.69 Å². The Kier molecular flexibility index (Phi) is 5.46. The van der Waals surface area contributed by atoms with Gasteiger partial charge in [-0.25, -0.2) is 0 Å². The predicted octanol–water partition coefficient (Wildman–Crippen LogP) is 6.61. The lowest BCUT2D eigenvalue weighted by Crippen LogP contribution is -2.19. The molecule has 0 saturated heterocycles. The second kappa shape index (κ2) is 7.78. The predicted molar refractivity (Wildman–Crippen MR) is 115 cm³/mol. The minimum Gasteiger partial charge on any atom is -0.378 e. The van der Waals surface area contributed by atoms with Crippen LogP contribution in [0.25, 0.3) is 6.08 Å². The summed E-state index contributed by atoms with van der Waals surface area (Å²) in [5.74, 6) is 0. The third kappa shape index (κ3) is 4.54. The molecule has 1 aliphatic rings. The molecule has 0 amide bonds. The maximum Gasteiger partial charge on any atom is 0.0482 e. The summed E-state index contributed by atoms with van der Waals surface area (Å²) in [6, 6.07) is 11.5. The molecule has 26 heavy (non-hydrogen) atoms. The zero-order valence-electron chi connectivity index (χ0n) is 16.6. The summed E-state index contributed by atoms with van der Waals surface area (Å²) in [5.41, 5.74) is 10.4. The Morgan fingerprint density at radius 1 is 0.808 bits per heavy atom. The summed E-state index contributed by atoms with van der Waals surface area (Å²) in [6.45, 7) is 10.8. The highest BCUT2D eigenvalue weighted by Crippen LogP contribution is 2.25. The Morgan fingerprint density at radius 3 is 2.00 bits per heavy atom. The van der Waals surface area contributed by atoms with E-state index in [1.165, 1.54) is 44.6 Å². The number of benzene rings is 2. The van der Waals surface area contributed by atoms with Gasteiger partial charge in [-0.1, -0.05) is 77.4 Å². The van der Waals surface area contributed by atoms with Gasteiger partial charge in [0.1, 0.15) is 0 Å². The van der Waals surface area contributed by atoms with Gasteiger partial charge in [-0.2, -0.15) is 0 Å². The molecule has 134 valence electrons. The van der Waals surface area contributed by atoms with Crippen molar-refractivity contribution in [3.8, 4) is 0 Å². The Hall–Kier alpha value is -2.54. The zero-order chi connectivity index (χ0) is 18.7. The Bertz CT molecular complexity index is 853. The van der Waals surface area contributed by atoms with Crippen molar-refractivity contribution in [3.63, 3.8) is 0 Å². The normalized spacial score (nSPS) is 16.8. The summed E-state index contributed by atoms with van der Waals surface area (Å²) in [4.78, 5) is 0. The van der Waals surface area contributed by atoms with Crippen LogP contribution >= 0.6 is 0 Å². The van der Waals surface area contributed by atoms with E-state index >= 15 is 0 Å². The van der Waals surface area contributed by atoms with Crippen molar-refractivity contribution in [2.45, 2.75) is 47.1 Å². The van der Waals surface area contributed by atoms with Crippen LogP contribution in [0.15, 0.2) is 60.2 Å². The van der Waals surface area contributed by atoms with Crippen molar-refractivity contribution in [2.24, 2.45) is 0 Å². The van der Waals surface area contributed by atoms with Crippen LogP contribution < -0.4 is 5.32 Å². The van der Waals surface area contributed by atoms with Crippen LogP contribution in [0, 0.1) is 34.6 Å². The first-order chi connectivity index (χ1) is 12.4. The lowest BCUT2D eigenvalue weighted by atomic mass is 9.99. The van der Waals surface area contributed by atoms with E-state index in [9.17, 15) is 0 Å². The molecular weight excluding hydrogens is 314 g/mol. The molecule has 1 atom stereocenters. The Labute approximate surface area is 158 Å². The summed E-state index contributed by atoms with van der Waals surface area (Å²) in [5, 5.41) is 3.70. The molecule has 1 heteroatoms. The summed E-state index contributed by atoms with van der Waals surface area (Å²) in [7, 11) is 0. The van der Waals surface area contributed by atoms with Crippen molar-refractivity contribution in [2.75, 3.05) is 5.32 Å². The number of hydrogen-bond acceptors (Lipinski definition) is 1. The molecule has 0 fully saturated rings. The van der Waals surface area contributed by atoms with E-state index in [-0.39, 0.29) is 0 Å². The van der Waals surface area contributed by atoms with Gasteiger partial charge in [0.15, 0.2) is 0 Å². The van der Waals surface area contributed by atoms with E-state index in [4.69, 9.17) is 0 Å². The van der Waals surface area contributed by atoms with Crippen molar-refractivity contribution >= 4 is 11.8 Å². The molecule has 1 nitrogen and oxygen atoms in total. The lowest BCUT2D eigenvalue weighted by Gasteiger charge is -2.21. The van der Waals surface area contributed by atoms with Gasteiger partial charge >= 0.3 is 0 Å². The van der Waals surface area contributed by atoms with Crippen LogP contribution in [0.2, 0.25) is 0 Å². The van der Waals surface area contributed by atoms with E-state index in [0.29, 0.717) is 6.04 Å². The van der Waals surface area contributed by atoms with E-state index in [2.05, 4.69) is 101 Å². The third-order valence-corrected chi connectivity index (χ3v) is 4.85. The quantitative estimate of drug-likeness (QED) is 0.658. The number of anilines is 1. The first-order valence-corrected chi connectivity index (χ1v) is 9.40. The maximum absolute atomic E-state index is 3.70. The minimum atomic E-state index is 0.355. The Balaban J connectivity index is 1.66. The summed E-state index contributed by atoms with van der Waals surface area (Å²) >= 11 is 0. The third-order valence-electron chi connectivity index (χ3n) is 4.85. The van der Waals surface area contributed by atoms with Crippen molar-refractivity contribution < 1.29 is 0 Å². The number of allylic oxidation sites excluding steroid dienone is 3. The van der Waals surface area contributed by atoms with Crippen LogP contribution in [0.5, 0.6) is 0 Å². The maximum atomic E-state index is 3.70. The standard InChI is InChI=1S/C25H29N/c1-17-12-18(2)16-23(15-17)7-6-22-8-10-24(11-9-22)26-25-20(4)13-19(3)14-21(25)5/h6-10,12-16,24,26H,11H2,1-5H3. The summed E-state index contributed by atoms with van der Waals surface area (Å²) < 4.78 is 0. The molecule has 1 N–H and O–H groups in total. The van der Waals surface area contributed by atoms with E-state index in [1.54, 1.807) is 0 Å². The average Bonchev–Trinajstić information content (AvgIpc) is 2.56. The zero-order valence-corrected chi connectivity index (χ0v) is 16.6. The SMILES string of the molecule is Cc1cc(C)cc(C=CC2=CCC(Nc3c(C)cc(C)cc3C)C=C2)c1. The fourth-order valence-corrected chi connectivity index (χ4v) is 3.76. The first-order valence-electron chi connectivity index (χ1n) is 9.40. The smallest absolute Gasteiger partial charge is 0.0482 e. The molecule has 0 aromatic heterocycles. The molecule has 0 heterocycles. The molecule has 1 unspecified atom stereocenters. The highest BCUT2D eigenvalue weighted by Gasteiger charge is 2.11. The number of aryl methyl sites for hydroxylation is 5.